The molecule has 5 heteroatoms. The number of fused-ring (bicyclic) bond motifs is 3. The fraction of sp³-hybridized carbons (Fsp3) is 0.500. The number of piperazine rings is 1. The summed E-state index contributed by atoms with van der Waals surface area (Å²) < 4.78 is 0. The largest absolute Gasteiger partial charge is 0.465 e. The van der Waals surface area contributed by atoms with Crippen molar-refractivity contribution in [3.8, 4) is 0 Å². The van der Waals surface area contributed by atoms with Crippen molar-refractivity contribution in [2.45, 2.75) is 25.4 Å². The van der Waals surface area contributed by atoms with Crippen LogP contribution in [-0.2, 0) is 6.42 Å². The van der Waals surface area contributed by atoms with Crippen LogP contribution in [-0.4, -0.2) is 46.3 Å². The lowest BCUT2D eigenvalue weighted by molar-refractivity contribution is 0.128. The molecular weight excluding hydrogens is 218 g/mol. The molecule has 0 aromatic carbocycles. The summed E-state index contributed by atoms with van der Waals surface area (Å²) in [6.07, 6.45) is 1.88. The molecule has 2 aliphatic rings. The summed E-state index contributed by atoms with van der Waals surface area (Å²) in [4.78, 5) is 19.3. The third kappa shape index (κ3) is 1.53. The molecule has 1 saturated heterocycles. The zero-order valence-corrected chi connectivity index (χ0v) is 9.71. The van der Waals surface area contributed by atoms with Crippen molar-refractivity contribution in [1.29, 1.82) is 0 Å². The van der Waals surface area contributed by atoms with Crippen molar-refractivity contribution < 1.29 is 9.90 Å². The standard InChI is InChI=1S/C12H15N3O2/c1-8-6-14(12(16)17)7-10-5-9-3-2-4-13-11(9)15(8)10/h2-4,8,10H,5-7H2,1H3,(H,16,17)/t8-,10?/m1/s1. The molecular formula is C12H15N3O2. The maximum Gasteiger partial charge on any atom is 0.407 e. The summed E-state index contributed by atoms with van der Waals surface area (Å²) >= 11 is 0. The predicted octanol–water partition coefficient (Wildman–Crippen LogP) is 1.19. The van der Waals surface area contributed by atoms with E-state index in [9.17, 15) is 4.79 Å². The fourth-order valence-electron chi connectivity index (χ4n) is 2.96. The Balaban J connectivity index is 1.91. The molecule has 0 radical (unpaired) electrons. The number of nitrogens with zero attached hydrogens (tertiary/aromatic N) is 3. The van der Waals surface area contributed by atoms with Gasteiger partial charge in [0.15, 0.2) is 0 Å². The molecule has 1 unspecified atom stereocenters. The zero-order chi connectivity index (χ0) is 12.0. The molecule has 0 spiro atoms. The number of hydrogen-bond donors (Lipinski definition) is 1. The first-order valence-corrected chi connectivity index (χ1v) is 5.87. The third-order valence-corrected chi connectivity index (χ3v) is 3.62. The van der Waals surface area contributed by atoms with Gasteiger partial charge in [-0.05, 0) is 25.0 Å². The maximum absolute atomic E-state index is 11.1. The van der Waals surface area contributed by atoms with Gasteiger partial charge in [-0.1, -0.05) is 6.07 Å². The molecule has 1 amide bonds. The lowest BCUT2D eigenvalue weighted by Gasteiger charge is -2.42. The van der Waals surface area contributed by atoms with Gasteiger partial charge >= 0.3 is 6.09 Å². The van der Waals surface area contributed by atoms with E-state index in [0.29, 0.717) is 13.1 Å². The van der Waals surface area contributed by atoms with E-state index >= 15 is 0 Å². The highest BCUT2D eigenvalue weighted by atomic mass is 16.4. The molecule has 0 saturated carbocycles. The van der Waals surface area contributed by atoms with E-state index < -0.39 is 6.09 Å². The Morgan fingerprint density at radius 3 is 3.12 bits per heavy atom. The van der Waals surface area contributed by atoms with Crippen LogP contribution in [0.1, 0.15) is 12.5 Å². The van der Waals surface area contributed by atoms with Crippen LogP contribution in [0.5, 0.6) is 0 Å². The Morgan fingerprint density at radius 2 is 2.35 bits per heavy atom. The molecule has 3 rings (SSSR count). The third-order valence-electron chi connectivity index (χ3n) is 3.62. The van der Waals surface area contributed by atoms with Crippen LogP contribution in [0.3, 0.4) is 0 Å². The van der Waals surface area contributed by atoms with Gasteiger partial charge in [-0.15, -0.1) is 0 Å². The van der Waals surface area contributed by atoms with E-state index in [1.54, 1.807) is 6.20 Å². The summed E-state index contributed by atoms with van der Waals surface area (Å²) in [7, 11) is 0. The van der Waals surface area contributed by atoms with Crippen LogP contribution in [0, 0.1) is 0 Å². The van der Waals surface area contributed by atoms with Gasteiger partial charge in [0.05, 0.1) is 6.04 Å². The van der Waals surface area contributed by atoms with Crippen molar-refractivity contribution in [3.05, 3.63) is 23.9 Å². The Labute approximate surface area is 99.7 Å². The summed E-state index contributed by atoms with van der Waals surface area (Å²) in [5.74, 6) is 1.04. The number of pyridine rings is 1. The Hall–Kier alpha value is -1.78. The molecule has 1 N–H and O–H groups in total. The number of aromatic nitrogens is 1. The van der Waals surface area contributed by atoms with Crippen molar-refractivity contribution in [2.75, 3.05) is 18.0 Å². The lowest BCUT2D eigenvalue weighted by Crippen LogP contribution is -2.57. The quantitative estimate of drug-likeness (QED) is 0.731. The average molecular weight is 233 g/mol. The summed E-state index contributed by atoms with van der Waals surface area (Å²) in [6.45, 7) is 3.20. The van der Waals surface area contributed by atoms with Crippen molar-refractivity contribution >= 4 is 11.9 Å². The van der Waals surface area contributed by atoms with Crippen LogP contribution in [0.25, 0.3) is 0 Å². The van der Waals surface area contributed by atoms with Gasteiger partial charge in [-0.25, -0.2) is 9.78 Å². The highest BCUT2D eigenvalue weighted by Crippen LogP contribution is 2.34. The summed E-state index contributed by atoms with van der Waals surface area (Å²) in [5, 5.41) is 9.08. The van der Waals surface area contributed by atoms with E-state index in [2.05, 4.69) is 22.9 Å². The second-order valence-electron chi connectivity index (χ2n) is 4.79. The highest BCUT2D eigenvalue weighted by Gasteiger charge is 2.40. The second-order valence-corrected chi connectivity index (χ2v) is 4.79. The number of rotatable bonds is 0. The molecule has 5 nitrogen and oxygen atoms in total. The van der Waals surface area contributed by atoms with Crippen molar-refractivity contribution in [1.82, 2.24) is 9.88 Å². The van der Waals surface area contributed by atoms with E-state index in [1.807, 2.05) is 6.07 Å². The second kappa shape index (κ2) is 3.61. The first kappa shape index (κ1) is 10.4. The molecule has 2 aliphatic heterocycles. The molecule has 90 valence electrons. The molecule has 0 aliphatic carbocycles. The molecule has 0 bridgehead atoms. The van der Waals surface area contributed by atoms with Gasteiger partial charge in [0, 0.05) is 25.3 Å². The van der Waals surface area contributed by atoms with Gasteiger partial charge < -0.3 is 14.9 Å². The SMILES string of the molecule is C[C@@H]1CN(C(=O)O)CC2Cc3cccnc3N21. The fourth-order valence-corrected chi connectivity index (χ4v) is 2.96. The first-order chi connectivity index (χ1) is 8.16. The maximum atomic E-state index is 11.1. The summed E-state index contributed by atoms with van der Waals surface area (Å²) in [5.41, 5.74) is 1.23. The van der Waals surface area contributed by atoms with Gasteiger partial charge in [0.1, 0.15) is 5.82 Å². The highest BCUT2D eigenvalue weighted by molar-refractivity contribution is 5.66. The molecule has 1 fully saturated rings. The number of carboxylic acid groups (broad SMARTS) is 1. The topological polar surface area (TPSA) is 56.7 Å². The van der Waals surface area contributed by atoms with Gasteiger partial charge in [-0.3, -0.25) is 0 Å². The monoisotopic (exact) mass is 233 g/mol. The number of anilines is 1. The molecule has 17 heavy (non-hydrogen) atoms. The van der Waals surface area contributed by atoms with Gasteiger partial charge in [-0.2, -0.15) is 0 Å². The van der Waals surface area contributed by atoms with Crippen LogP contribution in [0.2, 0.25) is 0 Å². The van der Waals surface area contributed by atoms with E-state index in [-0.39, 0.29) is 12.1 Å². The lowest BCUT2D eigenvalue weighted by atomic mass is 10.1. The Kier molecular flexibility index (Phi) is 2.21. The average Bonchev–Trinajstić information content (AvgIpc) is 2.67. The van der Waals surface area contributed by atoms with Crippen LogP contribution >= 0.6 is 0 Å². The van der Waals surface area contributed by atoms with Crippen molar-refractivity contribution in [3.63, 3.8) is 0 Å². The molecule has 3 heterocycles. The molecule has 2 atom stereocenters. The zero-order valence-electron chi connectivity index (χ0n) is 9.71. The first-order valence-electron chi connectivity index (χ1n) is 5.87. The number of amides is 1. The van der Waals surface area contributed by atoms with E-state index in [1.165, 1.54) is 10.5 Å². The van der Waals surface area contributed by atoms with Gasteiger partial charge in [0.25, 0.3) is 0 Å². The van der Waals surface area contributed by atoms with Crippen molar-refractivity contribution in [2.24, 2.45) is 0 Å². The normalized spacial score (nSPS) is 26.6. The minimum absolute atomic E-state index is 0.195. The van der Waals surface area contributed by atoms with Crippen LogP contribution in [0.15, 0.2) is 18.3 Å². The minimum Gasteiger partial charge on any atom is -0.465 e. The Morgan fingerprint density at radius 1 is 1.53 bits per heavy atom. The van der Waals surface area contributed by atoms with E-state index in [0.717, 1.165) is 12.2 Å². The van der Waals surface area contributed by atoms with Crippen LogP contribution in [0.4, 0.5) is 10.6 Å². The van der Waals surface area contributed by atoms with E-state index in [4.69, 9.17) is 5.11 Å². The molecule has 1 aromatic heterocycles. The molecule has 1 aromatic rings. The minimum atomic E-state index is -0.819. The number of carbonyl (C=O) groups is 1. The Bertz CT molecular complexity index is 463. The summed E-state index contributed by atoms with van der Waals surface area (Å²) in [6, 6.07) is 4.47. The smallest absolute Gasteiger partial charge is 0.407 e. The number of hydrogen-bond acceptors (Lipinski definition) is 3. The predicted molar refractivity (Wildman–Crippen MR) is 63.3 cm³/mol. The van der Waals surface area contributed by atoms with Crippen LogP contribution < -0.4 is 4.90 Å². The van der Waals surface area contributed by atoms with Gasteiger partial charge in [0.2, 0.25) is 0 Å².